The predicted octanol–water partition coefficient (Wildman–Crippen LogP) is 2.85. The number of hydrogen-bond donors (Lipinski definition) is 1. The molecule has 1 aliphatic heterocycles. The van der Waals surface area contributed by atoms with Crippen molar-refractivity contribution in [3.63, 3.8) is 0 Å². The first-order chi connectivity index (χ1) is 7.61. The number of ether oxygens (including phenoxy) is 2. The van der Waals surface area contributed by atoms with E-state index in [1.807, 2.05) is 0 Å². The summed E-state index contributed by atoms with van der Waals surface area (Å²) < 4.78 is 10.7. The van der Waals surface area contributed by atoms with E-state index >= 15 is 0 Å². The molecule has 0 aromatic heterocycles. The van der Waals surface area contributed by atoms with Crippen LogP contribution in [0.4, 0.5) is 0 Å². The number of halogens is 2. The molecule has 1 N–H and O–H groups in total. The minimum Gasteiger partial charge on any atom is -0.489 e. The van der Waals surface area contributed by atoms with Crippen LogP contribution in [0.1, 0.15) is 16.8 Å². The molecule has 0 amide bonds. The van der Waals surface area contributed by atoms with Crippen LogP contribution in [0.5, 0.6) is 11.5 Å². The molecule has 1 aliphatic rings. The lowest BCUT2D eigenvalue weighted by molar-refractivity contribution is 0.0692. The highest BCUT2D eigenvalue weighted by atomic mass is 35.5. The standard InChI is InChI=1S/C10H8Cl2O4/c11-6-4-5(10(13)14)8-9(7(6)12)16-3-1-2-15-8/h4H,1-3H2,(H,13,14). The first-order valence-electron chi connectivity index (χ1n) is 4.62. The van der Waals surface area contributed by atoms with E-state index in [1.165, 1.54) is 6.07 Å². The summed E-state index contributed by atoms with van der Waals surface area (Å²) in [4.78, 5) is 11.0. The summed E-state index contributed by atoms with van der Waals surface area (Å²) in [6.07, 6.45) is 0.668. The van der Waals surface area contributed by atoms with Crippen molar-refractivity contribution in [1.82, 2.24) is 0 Å². The Morgan fingerprint density at radius 1 is 1.25 bits per heavy atom. The van der Waals surface area contributed by atoms with Gasteiger partial charge < -0.3 is 14.6 Å². The second kappa shape index (κ2) is 4.39. The summed E-state index contributed by atoms with van der Waals surface area (Å²) in [6.45, 7) is 0.817. The first-order valence-corrected chi connectivity index (χ1v) is 5.37. The third-order valence-electron chi connectivity index (χ3n) is 2.14. The van der Waals surface area contributed by atoms with Gasteiger partial charge in [-0.1, -0.05) is 23.2 Å². The van der Waals surface area contributed by atoms with Gasteiger partial charge in [-0.3, -0.25) is 0 Å². The van der Waals surface area contributed by atoms with Crippen LogP contribution >= 0.6 is 23.2 Å². The monoisotopic (exact) mass is 262 g/mol. The predicted molar refractivity (Wildman–Crippen MR) is 59.0 cm³/mol. The smallest absolute Gasteiger partial charge is 0.339 e. The molecule has 0 aliphatic carbocycles. The molecule has 86 valence electrons. The van der Waals surface area contributed by atoms with Crippen LogP contribution in [0.15, 0.2) is 6.07 Å². The fraction of sp³-hybridized carbons (Fsp3) is 0.300. The Morgan fingerprint density at radius 2 is 1.88 bits per heavy atom. The Kier molecular flexibility index (Phi) is 3.12. The van der Waals surface area contributed by atoms with E-state index < -0.39 is 5.97 Å². The fourth-order valence-corrected chi connectivity index (χ4v) is 1.81. The number of hydrogen-bond acceptors (Lipinski definition) is 3. The molecule has 4 nitrogen and oxygen atoms in total. The summed E-state index contributed by atoms with van der Waals surface area (Å²) in [7, 11) is 0. The van der Waals surface area contributed by atoms with Gasteiger partial charge in [-0.05, 0) is 6.07 Å². The summed E-state index contributed by atoms with van der Waals surface area (Å²) in [5, 5.41) is 9.34. The van der Waals surface area contributed by atoms with Gasteiger partial charge in [-0.2, -0.15) is 0 Å². The van der Waals surface area contributed by atoms with Gasteiger partial charge >= 0.3 is 5.97 Å². The van der Waals surface area contributed by atoms with Crippen LogP contribution in [-0.4, -0.2) is 24.3 Å². The van der Waals surface area contributed by atoms with E-state index in [9.17, 15) is 4.79 Å². The van der Waals surface area contributed by atoms with E-state index in [1.54, 1.807) is 0 Å². The maximum atomic E-state index is 11.0. The molecular formula is C10H8Cl2O4. The quantitative estimate of drug-likeness (QED) is 0.846. The van der Waals surface area contributed by atoms with E-state index in [-0.39, 0.29) is 27.1 Å². The number of carbonyl (C=O) groups is 1. The Balaban J connectivity index is 2.64. The molecule has 2 rings (SSSR count). The van der Waals surface area contributed by atoms with Gasteiger partial charge in [0.1, 0.15) is 10.6 Å². The molecule has 0 saturated carbocycles. The van der Waals surface area contributed by atoms with Crippen LogP contribution in [-0.2, 0) is 0 Å². The number of carboxylic acid groups (broad SMARTS) is 1. The maximum absolute atomic E-state index is 11.0. The van der Waals surface area contributed by atoms with E-state index in [4.69, 9.17) is 37.8 Å². The highest BCUT2D eigenvalue weighted by molar-refractivity contribution is 6.43. The third-order valence-corrected chi connectivity index (χ3v) is 2.91. The Labute approximate surface area is 102 Å². The highest BCUT2D eigenvalue weighted by Crippen LogP contribution is 2.43. The molecule has 0 spiro atoms. The van der Waals surface area contributed by atoms with Crippen molar-refractivity contribution in [3.8, 4) is 11.5 Å². The van der Waals surface area contributed by atoms with Gasteiger partial charge in [0.05, 0.1) is 18.2 Å². The topological polar surface area (TPSA) is 55.8 Å². The number of fused-ring (bicyclic) bond motifs is 1. The van der Waals surface area contributed by atoms with Crippen LogP contribution in [0.2, 0.25) is 10.0 Å². The van der Waals surface area contributed by atoms with Crippen LogP contribution in [0, 0.1) is 0 Å². The van der Waals surface area contributed by atoms with E-state index in [2.05, 4.69) is 0 Å². The minimum absolute atomic E-state index is 0.0358. The normalized spacial score (nSPS) is 14.4. The van der Waals surface area contributed by atoms with Crippen LogP contribution < -0.4 is 9.47 Å². The van der Waals surface area contributed by atoms with E-state index in [0.717, 1.165) is 0 Å². The molecule has 0 atom stereocenters. The summed E-state index contributed by atoms with van der Waals surface area (Å²) >= 11 is 11.7. The summed E-state index contributed by atoms with van der Waals surface area (Å²) in [5.41, 5.74) is -0.0358. The van der Waals surface area contributed by atoms with Crippen LogP contribution in [0.3, 0.4) is 0 Å². The first kappa shape index (κ1) is 11.4. The molecule has 1 aromatic rings. The van der Waals surface area contributed by atoms with Gasteiger partial charge in [0.25, 0.3) is 0 Å². The lowest BCUT2D eigenvalue weighted by Crippen LogP contribution is -2.03. The molecular weight excluding hydrogens is 255 g/mol. The summed E-state index contributed by atoms with van der Waals surface area (Å²) in [6, 6.07) is 1.26. The van der Waals surface area contributed by atoms with Crippen molar-refractivity contribution >= 4 is 29.2 Å². The zero-order valence-electron chi connectivity index (χ0n) is 8.13. The number of aromatic carboxylic acids is 1. The molecule has 1 heterocycles. The van der Waals surface area contributed by atoms with Gasteiger partial charge in [-0.15, -0.1) is 0 Å². The van der Waals surface area contributed by atoms with Crippen molar-refractivity contribution in [2.45, 2.75) is 6.42 Å². The molecule has 0 unspecified atom stereocenters. The van der Waals surface area contributed by atoms with Crippen molar-refractivity contribution in [2.75, 3.05) is 13.2 Å². The average Bonchev–Trinajstić information content (AvgIpc) is 2.48. The van der Waals surface area contributed by atoms with Crippen molar-refractivity contribution in [2.24, 2.45) is 0 Å². The molecule has 0 fully saturated rings. The van der Waals surface area contributed by atoms with E-state index in [0.29, 0.717) is 19.6 Å². The van der Waals surface area contributed by atoms with Crippen molar-refractivity contribution < 1.29 is 19.4 Å². The number of benzene rings is 1. The molecule has 1 aromatic carbocycles. The van der Waals surface area contributed by atoms with Crippen LogP contribution in [0.25, 0.3) is 0 Å². The lowest BCUT2D eigenvalue weighted by Gasteiger charge is -2.12. The average molecular weight is 263 g/mol. The van der Waals surface area contributed by atoms with Gasteiger partial charge in [0, 0.05) is 6.42 Å². The molecule has 0 saturated heterocycles. The fourth-order valence-electron chi connectivity index (χ4n) is 1.42. The number of rotatable bonds is 1. The minimum atomic E-state index is -1.12. The summed E-state index contributed by atoms with van der Waals surface area (Å²) in [5.74, 6) is -0.760. The number of carboxylic acids is 1. The Hall–Kier alpha value is -1.13. The Morgan fingerprint density at radius 3 is 2.50 bits per heavy atom. The SMILES string of the molecule is O=C(O)c1cc(Cl)c(Cl)c2c1OCCCO2. The Bertz CT molecular complexity index is 445. The second-order valence-corrected chi connectivity index (χ2v) is 4.02. The highest BCUT2D eigenvalue weighted by Gasteiger charge is 2.24. The third kappa shape index (κ3) is 1.90. The largest absolute Gasteiger partial charge is 0.489 e. The molecule has 16 heavy (non-hydrogen) atoms. The van der Waals surface area contributed by atoms with Gasteiger partial charge in [0.15, 0.2) is 11.5 Å². The van der Waals surface area contributed by atoms with Gasteiger partial charge in [0.2, 0.25) is 0 Å². The molecule has 0 bridgehead atoms. The zero-order valence-corrected chi connectivity index (χ0v) is 9.64. The zero-order chi connectivity index (χ0) is 11.7. The molecule has 0 radical (unpaired) electrons. The lowest BCUT2D eigenvalue weighted by atomic mass is 10.2. The van der Waals surface area contributed by atoms with Gasteiger partial charge in [-0.25, -0.2) is 4.79 Å². The van der Waals surface area contributed by atoms with Crippen molar-refractivity contribution in [3.05, 3.63) is 21.7 Å². The maximum Gasteiger partial charge on any atom is 0.339 e. The second-order valence-electron chi connectivity index (χ2n) is 3.23. The van der Waals surface area contributed by atoms with Crippen molar-refractivity contribution in [1.29, 1.82) is 0 Å². The molecule has 6 heteroatoms.